The molecule has 8 heteroatoms. The lowest BCUT2D eigenvalue weighted by molar-refractivity contribution is -0.158. The Morgan fingerprint density at radius 3 is 2.95 bits per heavy atom. The van der Waals surface area contributed by atoms with Crippen LogP contribution in [0.5, 0.6) is 0 Å². The first kappa shape index (κ1) is 14.0. The molecular weight excluding hydrogens is 294 g/mol. The lowest BCUT2D eigenvalue weighted by Crippen LogP contribution is -2.60. The van der Waals surface area contributed by atoms with Gasteiger partial charge in [0, 0.05) is 11.9 Å². The zero-order chi connectivity index (χ0) is 15.0. The maximum Gasteiger partial charge on any atom is 0.365 e. The number of carboxylic acid groups (broad SMARTS) is 1. The van der Waals surface area contributed by atoms with Crippen molar-refractivity contribution in [2.45, 2.75) is 31.8 Å². The number of carbonyl (C=O) groups excluding carboxylic acids is 2. The summed E-state index contributed by atoms with van der Waals surface area (Å²) in [5.74, 6) is -1.17. The predicted octanol–water partition coefficient (Wildman–Crippen LogP) is 0.565. The topological polar surface area (TPSA) is 90.8 Å². The Labute approximate surface area is 125 Å². The Bertz CT molecular complexity index is 600. The summed E-state index contributed by atoms with van der Waals surface area (Å²) in [5.41, 5.74) is 0.516. The molecule has 0 spiro atoms. The Balaban J connectivity index is 1.74. The van der Waals surface area contributed by atoms with Crippen molar-refractivity contribution < 1.29 is 19.5 Å². The van der Waals surface area contributed by atoms with E-state index in [1.165, 1.54) is 4.90 Å². The van der Waals surface area contributed by atoms with Gasteiger partial charge in [0.05, 0.1) is 12.2 Å². The predicted molar refractivity (Wildman–Crippen MR) is 73.8 cm³/mol. The number of aromatic carboxylic acids is 1. The van der Waals surface area contributed by atoms with E-state index in [0.29, 0.717) is 18.7 Å². The van der Waals surface area contributed by atoms with Crippen molar-refractivity contribution >= 4 is 29.1 Å². The molecule has 0 saturated carbocycles. The molecular formula is C13H15N3O4S. The Morgan fingerprint density at radius 1 is 1.43 bits per heavy atom. The third kappa shape index (κ3) is 2.63. The van der Waals surface area contributed by atoms with E-state index in [1.54, 1.807) is 10.3 Å². The molecule has 0 aliphatic carbocycles. The third-order valence-corrected chi connectivity index (χ3v) is 4.71. The van der Waals surface area contributed by atoms with Crippen LogP contribution in [0.2, 0.25) is 0 Å². The number of carboxylic acids is 1. The minimum absolute atomic E-state index is 0.0000721. The van der Waals surface area contributed by atoms with E-state index in [0.717, 1.165) is 24.2 Å². The SMILES string of the molecule is O=C(O)c1nc(CN2CC(=O)N3CCCCC3C2=O)cs1. The first-order valence-electron chi connectivity index (χ1n) is 6.82. The maximum absolute atomic E-state index is 12.4. The van der Waals surface area contributed by atoms with Gasteiger partial charge >= 0.3 is 5.97 Å². The Hall–Kier alpha value is -1.96. The van der Waals surface area contributed by atoms with E-state index >= 15 is 0 Å². The van der Waals surface area contributed by atoms with Crippen LogP contribution in [-0.2, 0) is 16.1 Å². The first-order valence-corrected chi connectivity index (χ1v) is 7.70. The van der Waals surface area contributed by atoms with Crippen molar-refractivity contribution in [2.75, 3.05) is 13.1 Å². The molecule has 2 aliphatic rings. The summed E-state index contributed by atoms with van der Waals surface area (Å²) in [5, 5.41) is 10.5. The Morgan fingerprint density at radius 2 is 2.24 bits per heavy atom. The van der Waals surface area contributed by atoms with E-state index < -0.39 is 5.97 Å². The largest absolute Gasteiger partial charge is 0.476 e. The summed E-state index contributed by atoms with van der Waals surface area (Å²) in [6, 6.07) is -0.349. The summed E-state index contributed by atoms with van der Waals surface area (Å²) in [6.07, 6.45) is 2.61. The summed E-state index contributed by atoms with van der Waals surface area (Å²) in [4.78, 5) is 42.5. The van der Waals surface area contributed by atoms with Crippen molar-refractivity contribution in [3.05, 3.63) is 16.1 Å². The van der Waals surface area contributed by atoms with Crippen molar-refractivity contribution in [3.8, 4) is 0 Å². The van der Waals surface area contributed by atoms with E-state index in [-0.39, 0.29) is 36.0 Å². The van der Waals surface area contributed by atoms with E-state index in [4.69, 9.17) is 5.11 Å². The molecule has 2 aliphatic heterocycles. The van der Waals surface area contributed by atoms with E-state index in [2.05, 4.69) is 4.98 Å². The zero-order valence-corrected chi connectivity index (χ0v) is 12.1. The number of hydrogen-bond acceptors (Lipinski definition) is 5. The number of amides is 2. The highest BCUT2D eigenvalue weighted by Crippen LogP contribution is 2.24. The smallest absolute Gasteiger partial charge is 0.365 e. The minimum atomic E-state index is -1.08. The van der Waals surface area contributed by atoms with Gasteiger partial charge in [-0.05, 0) is 19.3 Å². The van der Waals surface area contributed by atoms with E-state index in [9.17, 15) is 14.4 Å². The number of rotatable bonds is 3. The average molecular weight is 309 g/mol. The quantitative estimate of drug-likeness (QED) is 0.881. The molecule has 2 saturated heterocycles. The normalized spacial score (nSPS) is 22.4. The van der Waals surface area contributed by atoms with Crippen molar-refractivity contribution in [1.29, 1.82) is 0 Å². The molecule has 0 aromatic carbocycles. The van der Waals surface area contributed by atoms with Crippen LogP contribution in [0.1, 0.15) is 34.8 Å². The standard InChI is InChI=1S/C13H15N3O4S/c17-10-6-15(5-8-7-21-11(14-8)13(19)20)12(18)9-3-1-2-4-16(9)10/h7,9H,1-6H2,(H,19,20). The van der Waals surface area contributed by atoms with Gasteiger partial charge in [0.2, 0.25) is 16.8 Å². The fourth-order valence-corrected chi connectivity index (χ4v) is 3.48. The summed E-state index contributed by atoms with van der Waals surface area (Å²) in [6.45, 7) is 0.900. The first-order chi connectivity index (χ1) is 10.1. The monoisotopic (exact) mass is 309 g/mol. The minimum Gasteiger partial charge on any atom is -0.476 e. The van der Waals surface area contributed by atoms with Crippen LogP contribution in [0.15, 0.2) is 5.38 Å². The number of aromatic nitrogens is 1. The highest BCUT2D eigenvalue weighted by Gasteiger charge is 2.40. The van der Waals surface area contributed by atoms with Gasteiger partial charge in [-0.3, -0.25) is 9.59 Å². The molecule has 1 unspecified atom stereocenters. The molecule has 1 atom stereocenters. The lowest BCUT2D eigenvalue weighted by Gasteiger charge is -2.42. The van der Waals surface area contributed by atoms with Crippen LogP contribution in [0.4, 0.5) is 0 Å². The van der Waals surface area contributed by atoms with Gasteiger partial charge < -0.3 is 14.9 Å². The highest BCUT2D eigenvalue weighted by atomic mass is 32.1. The molecule has 1 aromatic rings. The summed E-state index contributed by atoms with van der Waals surface area (Å²) in [7, 11) is 0. The molecule has 7 nitrogen and oxygen atoms in total. The lowest BCUT2D eigenvalue weighted by atomic mass is 9.98. The fraction of sp³-hybridized carbons (Fsp3) is 0.538. The Kier molecular flexibility index (Phi) is 3.62. The molecule has 2 fully saturated rings. The number of carbonyl (C=O) groups is 3. The van der Waals surface area contributed by atoms with Crippen molar-refractivity contribution in [3.63, 3.8) is 0 Å². The second-order valence-electron chi connectivity index (χ2n) is 5.24. The number of hydrogen-bond donors (Lipinski definition) is 1. The van der Waals surface area contributed by atoms with Gasteiger partial charge in [-0.15, -0.1) is 11.3 Å². The molecule has 0 radical (unpaired) electrons. The van der Waals surface area contributed by atoms with Crippen LogP contribution < -0.4 is 0 Å². The number of fused-ring (bicyclic) bond motifs is 1. The van der Waals surface area contributed by atoms with Gasteiger partial charge in [0.1, 0.15) is 12.6 Å². The molecule has 1 aromatic heterocycles. The number of thiazole rings is 1. The van der Waals surface area contributed by atoms with Gasteiger partial charge in [-0.2, -0.15) is 0 Å². The van der Waals surface area contributed by atoms with Gasteiger partial charge in [0.15, 0.2) is 0 Å². The molecule has 21 heavy (non-hydrogen) atoms. The van der Waals surface area contributed by atoms with Crippen LogP contribution in [0.25, 0.3) is 0 Å². The van der Waals surface area contributed by atoms with Crippen molar-refractivity contribution in [2.24, 2.45) is 0 Å². The van der Waals surface area contributed by atoms with Crippen LogP contribution >= 0.6 is 11.3 Å². The average Bonchev–Trinajstić information content (AvgIpc) is 2.93. The molecule has 3 rings (SSSR count). The van der Waals surface area contributed by atoms with Gasteiger partial charge in [-0.1, -0.05) is 0 Å². The number of nitrogens with zero attached hydrogens (tertiary/aromatic N) is 3. The van der Waals surface area contributed by atoms with Gasteiger partial charge in [0.25, 0.3) is 0 Å². The second kappa shape index (κ2) is 5.44. The fourth-order valence-electron chi connectivity index (χ4n) is 2.84. The summed E-state index contributed by atoms with van der Waals surface area (Å²) >= 11 is 1.03. The molecule has 2 amide bonds. The molecule has 0 bridgehead atoms. The third-order valence-electron chi connectivity index (χ3n) is 3.83. The number of piperazine rings is 1. The molecule has 3 heterocycles. The zero-order valence-electron chi connectivity index (χ0n) is 11.3. The van der Waals surface area contributed by atoms with Gasteiger partial charge in [-0.25, -0.2) is 9.78 Å². The summed E-state index contributed by atoms with van der Waals surface area (Å²) < 4.78 is 0. The highest BCUT2D eigenvalue weighted by molar-refractivity contribution is 7.11. The molecule has 112 valence electrons. The van der Waals surface area contributed by atoms with Crippen LogP contribution in [0, 0.1) is 0 Å². The second-order valence-corrected chi connectivity index (χ2v) is 6.10. The van der Waals surface area contributed by atoms with Crippen LogP contribution in [-0.4, -0.2) is 56.8 Å². The van der Waals surface area contributed by atoms with Crippen molar-refractivity contribution in [1.82, 2.24) is 14.8 Å². The van der Waals surface area contributed by atoms with E-state index in [1.807, 2.05) is 0 Å². The maximum atomic E-state index is 12.4. The number of piperidine rings is 1. The molecule has 1 N–H and O–H groups in total. The van der Waals surface area contributed by atoms with Crippen LogP contribution in [0.3, 0.4) is 0 Å².